The maximum absolute atomic E-state index is 12.2. The van der Waals surface area contributed by atoms with Crippen LogP contribution in [-0.2, 0) is 7.05 Å². The third-order valence-electron chi connectivity index (χ3n) is 2.63. The number of aryl methyl sites for hydroxylation is 2. The zero-order chi connectivity index (χ0) is 14.0. The van der Waals surface area contributed by atoms with Gasteiger partial charge in [0.25, 0.3) is 5.91 Å². The molecule has 5 nitrogen and oxygen atoms in total. The zero-order valence-corrected chi connectivity index (χ0v) is 12.0. The standard InChI is InChI=1S/C13H11BrN4O/c1-8-3-4-10(14)5-11(8)13(19)16-12-9(6-15)7-18(2)17-12/h3-5,7H,1-2H3,(H,16,17,19). The Morgan fingerprint density at radius 3 is 2.95 bits per heavy atom. The average molecular weight is 319 g/mol. The molecule has 0 aliphatic rings. The van der Waals surface area contributed by atoms with E-state index in [0.29, 0.717) is 11.1 Å². The second kappa shape index (κ2) is 5.24. The number of nitrogens with zero attached hydrogens (tertiary/aromatic N) is 3. The number of benzene rings is 1. The van der Waals surface area contributed by atoms with Crippen molar-refractivity contribution in [2.24, 2.45) is 7.05 Å². The molecule has 19 heavy (non-hydrogen) atoms. The van der Waals surface area contributed by atoms with Gasteiger partial charge in [0, 0.05) is 23.3 Å². The second-order valence-corrected chi connectivity index (χ2v) is 5.01. The van der Waals surface area contributed by atoms with E-state index in [9.17, 15) is 4.79 Å². The fraction of sp³-hybridized carbons (Fsp3) is 0.154. The summed E-state index contributed by atoms with van der Waals surface area (Å²) in [6, 6.07) is 7.45. The Hall–Kier alpha value is -2.13. The van der Waals surface area contributed by atoms with Crippen LogP contribution in [0.2, 0.25) is 0 Å². The molecule has 0 unspecified atom stereocenters. The van der Waals surface area contributed by atoms with Crippen LogP contribution >= 0.6 is 15.9 Å². The molecule has 0 aliphatic heterocycles. The number of nitrogens with one attached hydrogen (secondary N) is 1. The van der Waals surface area contributed by atoms with Crippen LogP contribution in [0.1, 0.15) is 21.5 Å². The molecule has 1 N–H and O–H groups in total. The lowest BCUT2D eigenvalue weighted by molar-refractivity contribution is 0.102. The van der Waals surface area contributed by atoms with E-state index in [1.54, 1.807) is 19.3 Å². The van der Waals surface area contributed by atoms with E-state index < -0.39 is 0 Å². The molecule has 1 aromatic heterocycles. The molecule has 0 fully saturated rings. The Labute approximate surface area is 119 Å². The van der Waals surface area contributed by atoms with Crippen molar-refractivity contribution < 1.29 is 4.79 Å². The molecule has 6 heteroatoms. The predicted molar refractivity (Wildman–Crippen MR) is 74.8 cm³/mol. The molecule has 2 aromatic rings. The molecular formula is C13H11BrN4O. The van der Waals surface area contributed by atoms with Gasteiger partial charge in [0.15, 0.2) is 5.82 Å². The van der Waals surface area contributed by atoms with Crippen LogP contribution in [0, 0.1) is 18.3 Å². The monoisotopic (exact) mass is 318 g/mol. The molecule has 2 rings (SSSR count). The van der Waals surface area contributed by atoms with Gasteiger partial charge in [0.05, 0.1) is 0 Å². The minimum absolute atomic E-state index is 0.273. The van der Waals surface area contributed by atoms with Crippen molar-refractivity contribution in [1.29, 1.82) is 5.26 Å². The fourth-order valence-corrected chi connectivity index (χ4v) is 2.04. The first-order valence-corrected chi connectivity index (χ1v) is 6.32. The Morgan fingerprint density at radius 2 is 2.26 bits per heavy atom. The first-order chi connectivity index (χ1) is 9.01. The zero-order valence-electron chi connectivity index (χ0n) is 10.4. The van der Waals surface area contributed by atoms with Crippen molar-refractivity contribution in [3.8, 4) is 6.07 Å². The molecule has 1 aromatic carbocycles. The highest BCUT2D eigenvalue weighted by molar-refractivity contribution is 9.10. The molecule has 1 heterocycles. The van der Waals surface area contributed by atoms with Gasteiger partial charge in [-0.05, 0) is 24.6 Å². The van der Waals surface area contributed by atoms with Gasteiger partial charge in [-0.2, -0.15) is 10.4 Å². The summed E-state index contributed by atoms with van der Waals surface area (Å²) in [6.07, 6.45) is 1.56. The van der Waals surface area contributed by atoms with Crippen LogP contribution in [-0.4, -0.2) is 15.7 Å². The van der Waals surface area contributed by atoms with Gasteiger partial charge in [-0.25, -0.2) is 0 Å². The Kier molecular flexibility index (Phi) is 3.67. The maximum Gasteiger partial charge on any atom is 0.257 e. The number of carbonyl (C=O) groups excluding carboxylic acids is 1. The third-order valence-corrected chi connectivity index (χ3v) is 3.12. The number of carbonyl (C=O) groups is 1. The van der Waals surface area contributed by atoms with Crippen LogP contribution in [0.5, 0.6) is 0 Å². The third kappa shape index (κ3) is 2.83. The number of nitriles is 1. The van der Waals surface area contributed by atoms with E-state index in [2.05, 4.69) is 26.3 Å². The SMILES string of the molecule is Cc1ccc(Br)cc1C(=O)Nc1nn(C)cc1C#N. The van der Waals surface area contributed by atoms with E-state index in [1.165, 1.54) is 4.68 Å². The number of amides is 1. The average Bonchev–Trinajstić information content (AvgIpc) is 2.72. The minimum Gasteiger partial charge on any atom is -0.304 e. The van der Waals surface area contributed by atoms with Crippen molar-refractivity contribution in [2.45, 2.75) is 6.92 Å². The summed E-state index contributed by atoms with van der Waals surface area (Å²) >= 11 is 3.33. The van der Waals surface area contributed by atoms with Gasteiger partial charge in [-0.1, -0.05) is 22.0 Å². The normalized spacial score (nSPS) is 10.0. The second-order valence-electron chi connectivity index (χ2n) is 4.09. The van der Waals surface area contributed by atoms with Crippen LogP contribution in [0.25, 0.3) is 0 Å². The first kappa shape index (κ1) is 13.3. The molecule has 0 atom stereocenters. The van der Waals surface area contributed by atoms with Crippen molar-refractivity contribution in [3.05, 3.63) is 45.6 Å². The molecule has 0 spiro atoms. The van der Waals surface area contributed by atoms with Gasteiger partial charge >= 0.3 is 0 Å². The highest BCUT2D eigenvalue weighted by Crippen LogP contribution is 2.18. The minimum atomic E-state index is -0.283. The maximum atomic E-state index is 12.2. The molecule has 0 radical (unpaired) electrons. The topological polar surface area (TPSA) is 70.7 Å². The number of hydrogen-bond acceptors (Lipinski definition) is 3. The van der Waals surface area contributed by atoms with Crippen LogP contribution in [0.15, 0.2) is 28.9 Å². The van der Waals surface area contributed by atoms with Gasteiger partial charge in [-0.15, -0.1) is 0 Å². The Bertz CT molecular complexity index is 684. The lowest BCUT2D eigenvalue weighted by Crippen LogP contribution is -2.14. The first-order valence-electron chi connectivity index (χ1n) is 5.52. The number of anilines is 1. The van der Waals surface area contributed by atoms with Crippen molar-refractivity contribution in [2.75, 3.05) is 5.32 Å². The molecule has 0 saturated heterocycles. The summed E-state index contributed by atoms with van der Waals surface area (Å²) in [5.41, 5.74) is 1.74. The van der Waals surface area contributed by atoms with Gasteiger partial charge in [0.1, 0.15) is 11.6 Å². The number of rotatable bonds is 2. The molecule has 1 amide bonds. The summed E-state index contributed by atoms with van der Waals surface area (Å²) in [6.45, 7) is 1.85. The van der Waals surface area contributed by atoms with E-state index in [4.69, 9.17) is 5.26 Å². The summed E-state index contributed by atoms with van der Waals surface area (Å²) in [5, 5.41) is 15.7. The van der Waals surface area contributed by atoms with Crippen LogP contribution < -0.4 is 5.32 Å². The summed E-state index contributed by atoms with van der Waals surface area (Å²) in [7, 11) is 1.70. The van der Waals surface area contributed by atoms with E-state index >= 15 is 0 Å². The summed E-state index contributed by atoms with van der Waals surface area (Å²) < 4.78 is 2.31. The molecule has 0 aliphatic carbocycles. The molecular weight excluding hydrogens is 308 g/mol. The van der Waals surface area contributed by atoms with Gasteiger partial charge in [0.2, 0.25) is 0 Å². The predicted octanol–water partition coefficient (Wildman–Crippen LogP) is 2.62. The van der Waals surface area contributed by atoms with Crippen LogP contribution in [0.4, 0.5) is 5.82 Å². The number of halogens is 1. The van der Waals surface area contributed by atoms with Crippen molar-refractivity contribution in [3.63, 3.8) is 0 Å². The largest absolute Gasteiger partial charge is 0.304 e. The number of aromatic nitrogens is 2. The highest BCUT2D eigenvalue weighted by Gasteiger charge is 2.14. The summed E-state index contributed by atoms with van der Waals surface area (Å²) in [4.78, 5) is 12.2. The van der Waals surface area contributed by atoms with E-state index in [0.717, 1.165) is 10.0 Å². The van der Waals surface area contributed by atoms with E-state index in [1.807, 2.05) is 25.1 Å². The fourth-order valence-electron chi connectivity index (χ4n) is 1.68. The summed E-state index contributed by atoms with van der Waals surface area (Å²) in [5.74, 6) is -0.0108. The van der Waals surface area contributed by atoms with Gasteiger partial charge in [-0.3, -0.25) is 9.48 Å². The van der Waals surface area contributed by atoms with Gasteiger partial charge < -0.3 is 5.32 Å². The molecule has 0 saturated carbocycles. The van der Waals surface area contributed by atoms with Crippen molar-refractivity contribution >= 4 is 27.7 Å². The molecule has 0 bridgehead atoms. The quantitative estimate of drug-likeness (QED) is 0.925. The lowest BCUT2D eigenvalue weighted by Gasteiger charge is -2.06. The Morgan fingerprint density at radius 1 is 1.53 bits per heavy atom. The molecule has 96 valence electrons. The number of hydrogen-bond donors (Lipinski definition) is 1. The highest BCUT2D eigenvalue weighted by atomic mass is 79.9. The van der Waals surface area contributed by atoms with E-state index in [-0.39, 0.29) is 11.7 Å². The Balaban J connectivity index is 2.31. The smallest absolute Gasteiger partial charge is 0.257 e. The van der Waals surface area contributed by atoms with Crippen LogP contribution in [0.3, 0.4) is 0 Å². The lowest BCUT2D eigenvalue weighted by atomic mass is 10.1. The van der Waals surface area contributed by atoms with Crippen molar-refractivity contribution in [1.82, 2.24) is 9.78 Å².